The molecule has 3 heteroatoms. The summed E-state index contributed by atoms with van der Waals surface area (Å²) in [6.45, 7) is 7.12. The fourth-order valence-corrected chi connectivity index (χ4v) is 1.99. The first kappa shape index (κ1) is 11.6. The monoisotopic (exact) mass is 281 g/mol. The van der Waals surface area contributed by atoms with Gasteiger partial charge in [0.2, 0.25) is 5.90 Å². The molecule has 1 aliphatic rings. The van der Waals surface area contributed by atoms with Crippen LogP contribution in [-0.4, -0.2) is 18.5 Å². The molecule has 0 unspecified atom stereocenters. The zero-order valence-corrected chi connectivity index (χ0v) is 11.4. The molecule has 16 heavy (non-hydrogen) atoms. The van der Waals surface area contributed by atoms with Crippen molar-refractivity contribution in [2.45, 2.75) is 26.8 Å². The highest BCUT2D eigenvalue weighted by Crippen LogP contribution is 2.22. The van der Waals surface area contributed by atoms with E-state index < -0.39 is 0 Å². The van der Waals surface area contributed by atoms with Crippen LogP contribution in [0.3, 0.4) is 0 Å². The van der Waals surface area contributed by atoms with Gasteiger partial charge >= 0.3 is 0 Å². The minimum absolute atomic E-state index is 0.301. The number of nitrogens with zero attached hydrogens (tertiary/aromatic N) is 1. The van der Waals surface area contributed by atoms with E-state index in [0.717, 1.165) is 15.9 Å². The van der Waals surface area contributed by atoms with Crippen LogP contribution < -0.4 is 0 Å². The second-order valence-corrected chi connectivity index (χ2v) is 5.37. The van der Waals surface area contributed by atoms with Gasteiger partial charge in [-0.3, -0.25) is 0 Å². The first-order chi connectivity index (χ1) is 7.58. The molecule has 0 radical (unpaired) electrons. The van der Waals surface area contributed by atoms with Crippen LogP contribution in [0.2, 0.25) is 0 Å². The third-order valence-corrected chi connectivity index (χ3v) is 3.72. The molecule has 0 saturated heterocycles. The van der Waals surface area contributed by atoms with Crippen LogP contribution in [0.5, 0.6) is 0 Å². The maximum Gasteiger partial charge on any atom is 0.216 e. The van der Waals surface area contributed by atoms with E-state index in [1.807, 2.05) is 0 Å². The maximum absolute atomic E-state index is 5.64. The van der Waals surface area contributed by atoms with E-state index in [9.17, 15) is 0 Å². The average Bonchev–Trinajstić information content (AvgIpc) is 2.71. The van der Waals surface area contributed by atoms with E-state index in [2.05, 4.69) is 59.9 Å². The Bertz CT molecular complexity index is 426. The number of hydrogen-bond donors (Lipinski definition) is 0. The molecule has 86 valence electrons. The highest BCUT2D eigenvalue weighted by Gasteiger charge is 2.22. The molecule has 0 aromatic heterocycles. The predicted molar refractivity (Wildman–Crippen MR) is 70.0 cm³/mol. The number of aliphatic imine (C=N–C) groups is 1. The second-order valence-electron chi connectivity index (χ2n) is 4.52. The second kappa shape index (κ2) is 4.58. The Kier molecular flexibility index (Phi) is 3.33. The number of halogens is 1. The van der Waals surface area contributed by atoms with Crippen molar-refractivity contribution in [2.24, 2.45) is 10.9 Å². The molecule has 0 N–H and O–H groups in total. The van der Waals surface area contributed by atoms with Crippen molar-refractivity contribution in [3.63, 3.8) is 0 Å². The molecule has 1 aliphatic heterocycles. The van der Waals surface area contributed by atoms with Crippen LogP contribution >= 0.6 is 15.9 Å². The van der Waals surface area contributed by atoms with Crippen LogP contribution in [0.1, 0.15) is 25.0 Å². The molecule has 1 aromatic carbocycles. The fourth-order valence-electron chi connectivity index (χ4n) is 1.61. The normalized spacial score (nSPS) is 19.8. The van der Waals surface area contributed by atoms with Gasteiger partial charge in [0.05, 0.1) is 6.04 Å². The van der Waals surface area contributed by atoms with E-state index in [1.165, 1.54) is 5.56 Å². The first-order valence-electron chi connectivity index (χ1n) is 5.55. The Hall–Kier alpha value is -0.830. The van der Waals surface area contributed by atoms with Gasteiger partial charge in [-0.25, -0.2) is 4.99 Å². The lowest BCUT2D eigenvalue weighted by molar-refractivity contribution is 0.292. The van der Waals surface area contributed by atoms with Crippen molar-refractivity contribution >= 4 is 21.8 Å². The predicted octanol–water partition coefficient (Wildman–Crippen LogP) is 3.56. The summed E-state index contributed by atoms with van der Waals surface area (Å²) in [4.78, 5) is 4.60. The van der Waals surface area contributed by atoms with Crippen molar-refractivity contribution in [3.05, 3.63) is 33.8 Å². The molecule has 0 amide bonds. The molecule has 0 spiro atoms. The van der Waals surface area contributed by atoms with E-state index in [1.54, 1.807) is 0 Å². The van der Waals surface area contributed by atoms with E-state index >= 15 is 0 Å². The summed E-state index contributed by atoms with van der Waals surface area (Å²) in [6.07, 6.45) is 0. The van der Waals surface area contributed by atoms with E-state index in [0.29, 0.717) is 18.6 Å². The molecular formula is C13H16BrNO. The van der Waals surface area contributed by atoms with E-state index in [4.69, 9.17) is 4.74 Å². The minimum Gasteiger partial charge on any atom is -0.475 e. The Morgan fingerprint density at radius 2 is 2.19 bits per heavy atom. The lowest BCUT2D eigenvalue weighted by Gasteiger charge is -2.06. The molecular weight excluding hydrogens is 266 g/mol. The molecule has 1 heterocycles. The van der Waals surface area contributed by atoms with Crippen LogP contribution in [0, 0.1) is 12.8 Å². The van der Waals surface area contributed by atoms with Gasteiger partial charge in [0.25, 0.3) is 0 Å². The molecule has 0 saturated carbocycles. The molecule has 0 bridgehead atoms. The van der Waals surface area contributed by atoms with Crippen molar-refractivity contribution in [1.82, 2.24) is 0 Å². The van der Waals surface area contributed by atoms with Gasteiger partial charge in [-0.05, 0) is 30.5 Å². The quantitative estimate of drug-likeness (QED) is 0.812. The SMILES string of the molecule is Cc1ccc(C2=N[C@@H](C(C)C)CO2)cc1Br. The lowest BCUT2D eigenvalue weighted by Crippen LogP contribution is -2.13. The van der Waals surface area contributed by atoms with Gasteiger partial charge in [0, 0.05) is 10.0 Å². The van der Waals surface area contributed by atoms with Gasteiger partial charge in [-0.1, -0.05) is 35.8 Å². The van der Waals surface area contributed by atoms with Gasteiger partial charge in [0.1, 0.15) is 6.61 Å². The average molecular weight is 282 g/mol. The zero-order valence-electron chi connectivity index (χ0n) is 9.83. The molecule has 2 nitrogen and oxygen atoms in total. The van der Waals surface area contributed by atoms with Crippen molar-refractivity contribution in [3.8, 4) is 0 Å². The van der Waals surface area contributed by atoms with Crippen molar-refractivity contribution in [1.29, 1.82) is 0 Å². The standard InChI is InChI=1S/C13H16BrNO/c1-8(2)12-7-16-13(15-12)10-5-4-9(3)11(14)6-10/h4-6,8,12H,7H2,1-3H3/t12-/m1/s1. The highest BCUT2D eigenvalue weighted by atomic mass is 79.9. The van der Waals surface area contributed by atoms with Crippen LogP contribution in [0.15, 0.2) is 27.7 Å². The summed E-state index contributed by atoms with van der Waals surface area (Å²) < 4.78 is 6.74. The van der Waals surface area contributed by atoms with Crippen LogP contribution in [-0.2, 0) is 4.74 Å². The number of aryl methyl sites for hydroxylation is 1. The third-order valence-electron chi connectivity index (χ3n) is 2.86. The van der Waals surface area contributed by atoms with Gasteiger partial charge < -0.3 is 4.74 Å². The Balaban J connectivity index is 2.25. The summed E-state index contributed by atoms with van der Waals surface area (Å²) in [5.74, 6) is 1.31. The fraction of sp³-hybridized carbons (Fsp3) is 0.462. The van der Waals surface area contributed by atoms with Gasteiger partial charge in [-0.15, -0.1) is 0 Å². The molecule has 0 aliphatic carbocycles. The van der Waals surface area contributed by atoms with Crippen LogP contribution in [0.4, 0.5) is 0 Å². The Labute approximate surface area is 105 Å². The molecule has 0 fully saturated rings. The summed E-state index contributed by atoms with van der Waals surface area (Å²) in [7, 11) is 0. The maximum atomic E-state index is 5.64. The van der Waals surface area contributed by atoms with Gasteiger partial charge in [0.15, 0.2) is 0 Å². The largest absolute Gasteiger partial charge is 0.475 e. The summed E-state index contributed by atoms with van der Waals surface area (Å²) in [5, 5.41) is 0. The summed E-state index contributed by atoms with van der Waals surface area (Å²) >= 11 is 3.53. The minimum atomic E-state index is 0.301. The van der Waals surface area contributed by atoms with E-state index in [-0.39, 0.29) is 0 Å². The number of hydrogen-bond acceptors (Lipinski definition) is 2. The number of ether oxygens (including phenoxy) is 1. The number of benzene rings is 1. The van der Waals surface area contributed by atoms with Crippen molar-refractivity contribution < 1.29 is 4.74 Å². The summed E-state index contributed by atoms with van der Waals surface area (Å²) in [5.41, 5.74) is 2.28. The lowest BCUT2D eigenvalue weighted by atomic mass is 10.1. The zero-order chi connectivity index (χ0) is 11.7. The Morgan fingerprint density at radius 3 is 2.75 bits per heavy atom. The first-order valence-corrected chi connectivity index (χ1v) is 6.34. The topological polar surface area (TPSA) is 21.6 Å². The highest BCUT2D eigenvalue weighted by molar-refractivity contribution is 9.10. The third kappa shape index (κ3) is 2.29. The van der Waals surface area contributed by atoms with Crippen LogP contribution in [0.25, 0.3) is 0 Å². The molecule has 1 aromatic rings. The molecule has 2 rings (SSSR count). The Morgan fingerprint density at radius 1 is 1.44 bits per heavy atom. The number of rotatable bonds is 2. The smallest absolute Gasteiger partial charge is 0.216 e. The molecule has 1 atom stereocenters. The van der Waals surface area contributed by atoms with Gasteiger partial charge in [-0.2, -0.15) is 0 Å². The van der Waals surface area contributed by atoms with Crippen molar-refractivity contribution in [2.75, 3.05) is 6.61 Å². The summed E-state index contributed by atoms with van der Waals surface area (Å²) in [6, 6.07) is 6.50.